The molecule has 0 atom stereocenters. The molecule has 1 aliphatic heterocycles. The standard InChI is InChI=1S/C12H10ClN3O5/c13-7-3-6(11(19)20)1-2-8(7)15-9(17)5-16-10(18)4-14-12(16)21/h1-3H,4-5H2,(H,14,21)(H,15,17)(H,19,20). The summed E-state index contributed by atoms with van der Waals surface area (Å²) in [5.74, 6) is -2.26. The van der Waals surface area contributed by atoms with Gasteiger partial charge in [-0.2, -0.15) is 0 Å². The van der Waals surface area contributed by atoms with Crippen molar-refractivity contribution >= 4 is 41.1 Å². The van der Waals surface area contributed by atoms with Crippen LogP contribution < -0.4 is 10.6 Å². The Morgan fingerprint density at radius 1 is 1.38 bits per heavy atom. The molecule has 2 rings (SSSR count). The maximum absolute atomic E-state index is 11.8. The number of hydrogen-bond acceptors (Lipinski definition) is 4. The monoisotopic (exact) mass is 311 g/mol. The molecule has 110 valence electrons. The number of carbonyl (C=O) groups is 4. The van der Waals surface area contributed by atoms with Gasteiger partial charge in [0, 0.05) is 0 Å². The van der Waals surface area contributed by atoms with Gasteiger partial charge in [0.2, 0.25) is 5.91 Å². The Hall–Kier alpha value is -2.61. The first-order chi connectivity index (χ1) is 9.88. The van der Waals surface area contributed by atoms with E-state index in [-0.39, 0.29) is 22.8 Å². The number of nitrogens with one attached hydrogen (secondary N) is 2. The number of anilines is 1. The number of imide groups is 1. The molecular formula is C12H10ClN3O5. The van der Waals surface area contributed by atoms with Crippen LogP contribution in [0.3, 0.4) is 0 Å². The molecule has 1 heterocycles. The van der Waals surface area contributed by atoms with E-state index in [0.717, 1.165) is 4.90 Å². The van der Waals surface area contributed by atoms with Gasteiger partial charge in [0.05, 0.1) is 22.8 Å². The number of nitrogens with zero attached hydrogens (tertiary/aromatic N) is 1. The Morgan fingerprint density at radius 2 is 2.10 bits per heavy atom. The van der Waals surface area contributed by atoms with E-state index in [1.54, 1.807) is 0 Å². The highest BCUT2D eigenvalue weighted by atomic mass is 35.5. The van der Waals surface area contributed by atoms with Crippen LogP contribution in [0.2, 0.25) is 5.02 Å². The third-order valence-corrected chi connectivity index (χ3v) is 3.04. The van der Waals surface area contributed by atoms with Gasteiger partial charge in [-0.15, -0.1) is 0 Å². The van der Waals surface area contributed by atoms with Gasteiger partial charge in [-0.25, -0.2) is 9.59 Å². The second-order valence-electron chi connectivity index (χ2n) is 4.19. The summed E-state index contributed by atoms with van der Waals surface area (Å²) in [6.07, 6.45) is 0. The van der Waals surface area contributed by atoms with Crippen LogP contribution in [0, 0.1) is 0 Å². The molecule has 0 spiro atoms. The molecule has 0 bridgehead atoms. The molecule has 0 saturated carbocycles. The predicted octanol–water partition coefficient (Wildman–Crippen LogP) is 0.528. The number of rotatable bonds is 4. The highest BCUT2D eigenvalue weighted by Gasteiger charge is 2.30. The normalized spacial score (nSPS) is 14.0. The largest absolute Gasteiger partial charge is 0.478 e. The highest BCUT2D eigenvalue weighted by molar-refractivity contribution is 6.34. The van der Waals surface area contributed by atoms with Crippen molar-refractivity contribution in [3.63, 3.8) is 0 Å². The van der Waals surface area contributed by atoms with Crippen LogP contribution in [0.15, 0.2) is 18.2 Å². The summed E-state index contributed by atoms with van der Waals surface area (Å²) in [4.78, 5) is 45.9. The van der Waals surface area contributed by atoms with Crippen molar-refractivity contribution in [1.82, 2.24) is 10.2 Å². The molecule has 8 nitrogen and oxygen atoms in total. The Morgan fingerprint density at radius 3 is 2.62 bits per heavy atom. The summed E-state index contributed by atoms with van der Waals surface area (Å²) >= 11 is 5.85. The molecule has 0 aromatic heterocycles. The van der Waals surface area contributed by atoms with Crippen molar-refractivity contribution in [3.8, 4) is 0 Å². The minimum absolute atomic E-state index is 0.0212. The predicted molar refractivity (Wildman–Crippen MR) is 72.2 cm³/mol. The summed E-state index contributed by atoms with van der Waals surface area (Å²) in [5, 5.41) is 13.5. The van der Waals surface area contributed by atoms with Gasteiger partial charge in [-0.3, -0.25) is 14.5 Å². The molecule has 1 aliphatic rings. The van der Waals surface area contributed by atoms with Crippen molar-refractivity contribution in [1.29, 1.82) is 0 Å². The summed E-state index contributed by atoms with van der Waals surface area (Å²) in [6, 6.07) is 3.16. The minimum atomic E-state index is -1.14. The molecule has 3 N–H and O–H groups in total. The third kappa shape index (κ3) is 3.29. The van der Waals surface area contributed by atoms with E-state index in [1.165, 1.54) is 18.2 Å². The summed E-state index contributed by atoms with van der Waals surface area (Å²) in [7, 11) is 0. The number of carboxylic acids is 1. The zero-order valence-corrected chi connectivity index (χ0v) is 11.3. The van der Waals surface area contributed by atoms with Gasteiger partial charge in [0.25, 0.3) is 5.91 Å². The van der Waals surface area contributed by atoms with Crippen molar-refractivity contribution in [2.24, 2.45) is 0 Å². The Balaban J connectivity index is 2.04. The zero-order valence-electron chi connectivity index (χ0n) is 10.6. The van der Waals surface area contributed by atoms with Crippen molar-refractivity contribution in [2.45, 2.75) is 0 Å². The number of amides is 4. The molecule has 0 unspecified atom stereocenters. The van der Waals surface area contributed by atoms with Crippen molar-refractivity contribution < 1.29 is 24.3 Å². The SMILES string of the molecule is O=C(CN1C(=O)CNC1=O)Nc1ccc(C(=O)O)cc1Cl. The first-order valence-corrected chi connectivity index (χ1v) is 6.17. The van der Waals surface area contributed by atoms with Crippen LogP contribution in [0.25, 0.3) is 0 Å². The van der Waals surface area contributed by atoms with Crippen LogP contribution in [0.4, 0.5) is 10.5 Å². The van der Waals surface area contributed by atoms with Crippen LogP contribution in [-0.2, 0) is 9.59 Å². The molecule has 1 aromatic carbocycles. The molecule has 0 aliphatic carbocycles. The van der Waals surface area contributed by atoms with Crippen LogP contribution in [0.1, 0.15) is 10.4 Å². The Kier molecular flexibility index (Phi) is 4.08. The molecule has 0 radical (unpaired) electrons. The van der Waals surface area contributed by atoms with E-state index < -0.39 is 30.4 Å². The fourth-order valence-electron chi connectivity index (χ4n) is 1.70. The number of carbonyl (C=O) groups excluding carboxylic acids is 3. The van der Waals surface area contributed by atoms with Gasteiger partial charge in [0.15, 0.2) is 0 Å². The number of benzene rings is 1. The average molecular weight is 312 g/mol. The highest BCUT2D eigenvalue weighted by Crippen LogP contribution is 2.23. The van der Waals surface area contributed by atoms with Gasteiger partial charge in [0.1, 0.15) is 6.54 Å². The molecule has 1 aromatic rings. The summed E-state index contributed by atoms with van der Waals surface area (Å²) < 4.78 is 0. The van der Waals surface area contributed by atoms with Gasteiger partial charge >= 0.3 is 12.0 Å². The van der Waals surface area contributed by atoms with Crippen LogP contribution in [-0.4, -0.2) is 46.9 Å². The molecular weight excluding hydrogens is 302 g/mol. The average Bonchev–Trinajstić information content (AvgIpc) is 2.72. The quantitative estimate of drug-likeness (QED) is 0.701. The van der Waals surface area contributed by atoms with E-state index in [0.29, 0.717) is 0 Å². The molecule has 1 saturated heterocycles. The number of hydrogen-bond donors (Lipinski definition) is 3. The lowest BCUT2D eigenvalue weighted by Crippen LogP contribution is -2.38. The van der Waals surface area contributed by atoms with Crippen LogP contribution in [0.5, 0.6) is 0 Å². The smallest absolute Gasteiger partial charge is 0.335 e. The Labute approximate surface area is 123 Å². The third-order valence-electron chi connectivity index (χ3n) is 2.73. The molecule has 4 amide bonds. The van der Waals surface area contributed by atoms with E-state index in [2.05, 4.69) is 10.6 Å². The van der Waals surface area contributed by atoms with E-state index >= 15 is 0 Å². The lowest BCUT2D eigenvalue weighted by molar-refractivity contribution is -0.128. The second kappa shape index (κ2) is 5.80. The summed E-state index contributed by atoms with van der Waals surface area (Å²) in [5.41, 5.74) is 0.172. The van der Waals surface area contributed by atoms with Crippen molar-refractivity contribution in [3.05, 3.63) is 28.8 Å². The first-order valence-electron chi connectivity index (χ1n) is 5.79. The van der Waals surface area contributed by atoms with Crippen LogP contribution >= 0.6 is 11.6 Å². The lowest BCUT2D eigenvalue weighted by atomic mass is 10.2. The molecule has 9 heteroatoms. The minimum Gasteiger partial charge on any atom is -0.478 e. The lowest BCUT2D eigenvalue weighted by Gasteiger charge is -2.13. The van der Waals surface area contributed by atoms with Gasteiger partial charge in [-0.05, 0) is 18.2 Å². The van der Waals surface area contributed by atoms with E-state index in [9.17, 15) is 19.2 Å². The number of urea groups is 1. The number of halogens is 1. The topological polar surface area (TPSA) is 116 Å². The first kappa shape index (κ1) is 14.8. The fourth-order valence-corrected chi connectivity index (χ4v) is 1.93. The van der Waals surface area contributed by atoms with Gasteiger partial charge in [-0.1, -0.05) is 11.6 Å². The fraction of sp³-hybridized carbons (Fsp3) is 0.167. The second-order valence-corrected chi connectivity index (χ2v) is 4.59. The Bertz CT molecular complexity index is 630. The van der Waals surface area contributed by atoms with Gasteiger partial charge < -0.3 is 15.7 Å². The number of aromatic carboxylic acids is 1. The van der Waals surface area contributed by atoms with Crippen molar-refractivity contribution in [2.75, 3.05) is 18.4 Å². The van der Waals surface area contributed by atoms with E-state index in [4.69, 9.17) is 16.7 Å². The molecule has 21 heavy (non-hydrogen) atoms. The maximum Gasteiger partial charge on any atom is 0.335 e. The number of carboxylic acid groups (broad SMARTS) is 1. The maximum atomic E-state index is 11.8. The molecule has 1 fully saturated rings. The summed E-state index contributed by atoms with van der Waals surface area (Å²) in [6.45, 7) is -0.581. The van der Waals surface area contributed by atoms with E-state index in [1.807, 2.05) is 0 Å². The zero-order chi connectivity index (χ0) is 15.6.